The van der Waals surface area contributed by atoms with Gasteiger partial charge in [0.15, 0.2) is 0 Å². The number of aliphatic hydroxyl groups excluding tert-OH is 1. The van der Waals surface area contributed by atoms with Crippen LogP contribution in [0.2, 0.25) is 0 Å². The van der Waals surface area contributed by atoms with E-state index < -0.39 is 17.7 Å². The number of hydrogen-bond donors (Lipinski definition) is 6. The summed E-state index contributed by atoms with van der Waals surface area (Å²) in [7, 11) is 1.82. The molecule has 60 heavy (non-hydrogen) atoms. The zero-order valence-electron chi connectivity index (χ0n) is 33.7. The number of aromatic nitrogens is 1. The van der Waals surface area contributed by atoms with Crippen molar-refractivity contribution in [3.05, 3.63) is 115 Å². The van der Waals surface area contributed by atoms with Crippen LogP contribution in [0.4, 0.5) is 5.69 Å². The van der Waals surface area contributed by atoms with Crippen LogP contribution in [0.3, 0.4) is 0 Å². The number of aromatic hydroxyl groups is 1. The maximum absolute atomic E-state index is 13.3. The zero-order chi connectivity index (χ0) is 42.3. The van der Waals surface area contributed by atoms with E-state index in [9.17, 15) is 34.5 Å². The lowest BCUT2D eigenvalue weighted by Gasteiger charge is -2.51. The quantitative estimate of drug-likeness (QED) is 0.0461. The van der Waals surface area contributed by atoms with Crippen molar-refractivity contribution in [1.29, 1.82) is 0 Å². The molecule has 2 aliphatic rings. The first-order chi connectivity index (χ1) is 28.9. The number of fused-ring (bicyclic) bond motifs is 1. The second-order valence-electron chi connectivity index (χ2n) is 16.1. The summed E-state index contributed by atoms with van der Waals surface area (Å²) in [5, 5.41) is 42.9. The van der Waals surface area contributed by atoms with E-state index >= 15 is 0 Å². The number of pyridine rings is 1. The second kappa shape index (κ2) is 19.2. The molecule has 1 aliphatic carbocycles. The summed E-state index contributed by atoms with van der Waals surface area (Å²) >= 11 is 2.68. The van der Waals surface area contributed by atoms with E-state index in [1.54, 1.807) is 29.2 Å². The molecule has 0 bridgehead atoms. The highest BCUT2D eigenvalue weighted by atomic mass is 32.1. The van der Waals surface area contributed by atoms with E-state index in [0.29, 0.717) is 70.8 Å². The molecule has 1 aliphatic heterocycles. The Morgan fingerprint density at radius 3 is 2.33 bits per heavy atom. The van der Waals surface area contributed by atoms with Gasteiger partial charge in [0, 0.05) is 63.2 Å². The lowest BCUT2D eigenvalue weighted by molar-refractivity contribution is -0.181. The Bertz CT molecular complexity index is 2250. The topological polar surface area (TPSA) is 185 Å². The Balaban J connectivity index is 0.740. The number of benzene rings is 2. The Labute approximate surface area is 357 Å². The van der Waals surface area contributed by atoms with Crippen molar-refractivity contribution >= 4 is 57.0 Å². The van der Waals surface area contributed by atoms with E-state index in [1.807, 2.05) is 54.2 Å². The molecule has 1 saturated heterocycles. The summed E-state index contributed by atoms with van der Waals surface area (Å²) in [6.07, 6.45) is 4.68. The molecule has 1 spiro atoms. The van der Waals surface area contributed by atoms with Gasteiger partial charge in [-0.1, -0.05) is 30.3 Å². The molecule has 4 heterocycles. The minimum Gasteiger partial charge on any atom is -0.506 e. The van der Waals surface area contributed by atoms with Crippen molar-refractivity contribution in [2.75, 3.05) is 45.1 Å². The Kier molecular flexibility index (Phi) is 13.8. The van der Waals surface area contributed by atoms with Crippen LogP contribution in [-0.4, -0.2) is 93.8 Å². The number of hydrogen-bond acceptors (Lipinski definition) is 12. The number of piperidine rings is 1. The molecule has 1 atom stereocenters. The van der Waals surface area contributed by atoms with Crippen molar-refractivity contribution in [3.63, 3.8) is 0 Å². The predicted molar refractivity (Wildman–Crippen MR) is 233 cm³/mol. The fraction of sp³-hybridized carbons (Fsp3) is 0.422. The Morgan fingerprint density at radius 1 is 0.967 bits per heavy atom. The molecule has 3 aromatic heterocycles. The van der Waals surface area contributed by atoms with Gasteiger partial charge in [0.05, 0.1) is 21.4 Å². The van der Waals surface area contributed by atoms with Gasteiger partial charge in [0.1, 0.15) is 11.9 Å². The number of nitrogens with one attached hydrogen (secondary N) is 3. The van der Waals surface area contributed by atoms with Crippen LogP contribution in [0.1, 0.15) is 78.4 Å². The first-order valence-electron chi connectivity index (χ1n) is 20.5. The van der Waals surface area contributed by atoms with Gasteiger partial charge in [0.2, 0.25) is 23.0 Å². The number of anilines is 1. The summed E-state index contributed by atoms with van der Waals surface area (Å²) < 4.78 is 5.90. The third kappa shape index (κ3) is 10.2. The van der Waals surface area contributed by atoms with E-state index in [-0.39, 0.29) is 41.2 Å². The van der Waals surface area contributed by atoms with E-state index in [2.05, 4.69) is 20.5 Å². The summed E-state index contributed by atoms with van der Waals surface area (Å²) in [5.41, 5.74) is 0.571. The molecule has 318 valence electrons. The molecule has 2 amide bonds. The van der Waals surface area contributed by atoms with Gasteiger partial charge >= 0.3 is 5.97 Å². The van der Waals surface area contributed by atoms with Crippen LogP contribution < -0.4 is 16.2 Å². The molecule has 13 nitrogen and oxygen atoms in total. The number of ether oxygens (including phenoxy) is 1. The minimum absolute atomic E-state index is 0.0570. The molecule has 2 aromatic carbocycles. The Morgan fingerprint density at radius 2 is 1.67 bits per heavy atom. The van der Waals surface area contributed by atoms with Crippen LogP contribution in [0.25, 0.3) is 10.9 Å². The van der Waals surface area contributed by atoms with Gasteiger partial charge in [-0.15, -0.1) is 22.7 Å². The van der Waals surface area contributed by atoms with E-state index in [0.717, 1.165) is 50.8 Å². The van der Waals surface area contributed by atoms with Crippen LogP contribution in [0.15, 0.2) is 88.4 Å². The molecular formula is C45H53N5O8S2. The molecule has 1 unspecified atom stereocenters. The number of phenols is 1. The molecule has 6 N–H and O–H groups in total. The number of carbonyl (C=O) groups is 3. The zero-order valence-corrected chi connectivity index (χ0v) is 35.4. The minimum atomic E-state index is -1.78. The molecule has 7 rings (SSSR count). The van der Waals surface area contributed by atoms with Gasteiger partial charge in [0.25, 0.3) is 0 Å². The summed E-state index contributed by atoms with van der Waals surface area (Å²) in [4.78, 5) is 58.4. The number of thiophene rings is 2. The highest BCUT2D eigenvalue weighted by Crippen LogP contribution is 2.51. The monoisotopic (exact) mass is 855 g/mol. The maximum Gasteiger partial charge on any atom is 0.349 e. The van der Waals surface area contributed by atoms with Crippen molar-refractivity contribution in [1.82, 2.24) is 20.1 Å². The number of H-pyrrole nitrogens is 1. The second-order valence-corrected chi connectivity index (χ2v) is 18.0. The Hall–Kier alpha value is -4.90. The molecule has 5 aromatic rings. The summed E-state index contributed by atoms with van der Waals surface area (Å²) in [6, 6.07) is 20.7. The lowest BCUT2D eigenvalue weighted by atomic mass is 9.61. The van der Waals surface area contributed by atoms with Crippen LogP contribution in [0.5, 0.6) is 5.75 Å². The van der Waals surface area contributed by atoms with Crippen molar-refractivity contribution < 1.29 is 34.4 Å². The SMILES string of the molecule is CN(CCCCC(=O)Nc1ccc(CNCC(O)c2ccc(O)c3[nH]c(=O)ccc23)cc1)C(=O)CCN1CCC2(CC1)CC(OC(=O)C(O)(c1cccs1)c1cccs1)C2. The number of amides is 2. The third-order valence-corrected chi connectivity index (χ3v) is 13.9. The average molecular weight is 856 g/mol. The number of aliphatic hydroxyl groups is 2. The fourth-order valence-corrected chi connectivity index (χ4v) is 10.0. The summed E-state index contributed by atoms with van der Waals surface area (Å²) in [5.74, 6) is -0.658. The van der Waals surface area contributed by atoms with Gasteiger partial charge in [-0.25, -0.2) is 4.79 Å². The number of phenolic OH excluding ortho intramolecular Hbond substituents is 1. The highest BCUT2D eigenvalue weighted by Gasteiger charge is 2.51. The summed E-state index contributed by atoms with van der Waals surface area (Å²) in [6.45, 7) is 3.83. The number of aromatic amines is 1. The van der Waals surface area contributed by atoms with Crippen molar-refractivity contribution in [3.8, 4) is 5.75 Å². The van der Waals surface area contributed by atoms with E-state index in [1.165, 1.54) is 34.8 Å². The van der Waals surface area contributed by atoms with Gasteiger partial charge in [-0.05, 0) is 115 Å². The van der Waals surface area contributed by atoms with E-state index in [4.69, 9.17) is 4.74 Å². The first kappa shape index (κ1) is 43.2. The number of esters is 1. The average Bonchev–Trinajstić information content (AvgIpc) is 3.99. The number of rotatable bonds is 18. The van der Waals surface area contributed by atoms with Gasteiger partial charge in [-0.3, -0.25) is 14.4 Å². The van der Waals surface area contributed by atoms with Crippen molar-refractivity contribution in [2.24, 2.45) is 5.41 Å². The van der Waals surface area contributed by atoms with Gasteiger partial charge < -0.3 is 45.5 Å². The van der Waals surface area contributed by atoms with Crippen LogP contribution in [-0.2, 0) is 31.3 Å². The van der Waals surface area contributed by atoms with Crippen molar-refractivity contribution in [2.45, 2.75) is 75.7 Å². The maximum atomic E-state index is 13.3. The number of likely N-dealkylation sites (tertiary alicyclic amines) is 1. The standard InChI is InChI=1S/C45H53N5O8S2/c1-49(41(55)17-21-50-22-18-44(19-23-50)26-32(27-44)58-43(56)45(57,37-6-4-24-59-37)38-7-5-25-60-38)20-3-2-8-39(53)47-31-11-9-30(10-12-31)28-46-29-36(52)33-13-15-35(51)42-34(33)14-16-40(54)48-42/h4-7,9-16,24-25,32,36,46,51-52,57H,2-3,8,17-23,26-29H2,1H3,(H,47,53)(H,48,54). The number of carbonyl (C=O) groups excluding carboxylic acids is 3. The van der Waals surface area contributed by atoms with Crippen LogP contribution >= 0.6 is 22.7 Å². The third-order valence-electron chi connectivity index (χ3n) is 11.9. The van der Waals surface area contributed by atoms with Gasteiger partial charge in [-0.2, -0.15) is 0 Å². The first-order valence-corrected chi connectivity index (χ1v) is 22.3. The molecular weight excluding hydrogens is 803 g/mol. The van der Waals surface area contributed by atoms with Crippen LogP contribution in [0, 0.1) is 5.41 Å². The molecule has 2 fully saturated rings. The highest BCUT2D eigenvalue weighted by molar-refractivity contribution is 7.12. The fourth-order valence-electron chi connectivity index (χ4n) is 8.32. The molecule has 1 saturated carbocycles. The number of nitrogens with zero attached hydrogens (tertiary/aromatic N) is 2. The predicted octanol–water partition coefficient (Wildman–Crippen LogP) is 5.86. The smallest absolute Gasteiger partial charge is 0.349 e. The molecule has 15 heteroatoms. The number of unbranched alkanes of at least 4 members (excludes halogenated alkanes) is 1. The lowest BCUT2D eigenvalue weighted by Crippen LogP contribution is -2.52. The largest absolute Gasteiger partial charge is 0.506 e. The normalized spacial score (nSPS) is 16.1. The molecule has 0 radical (unpaired) electrons.